The first-order chi connectivity index (χ1) is 13.1. The predicted molar refractivity (Wildman–Crippen MR) is 113 cm³/mol. The van der Waals surface area contributed by atoms with Crippen LogP contribution in [0.4, 0.5) is 5.69 Å². The Hall–Kier alpha value is -1.37. The first-order valence-electron chi connectivity index (χ1n) is 9.82. The van der Waals surface area contributed by atoms with E-state index in [-0.39, 0.29) is 0 Å². The van der Waals surface area contributed by atoms with Gasteiger partial charge in [0.1, 0.15) is 0 Å². The van der Waals surface area contributed by atoms with E-state index in [1.54, 1.807) is 7.11 Å². The molecule has 0 N–H and O–H groups in total. The van der Waals surface area contributed by atoms with Crippen LogP contribution in [0.5, 0.6) is 5.75 Å². The number of para-hydroxylation sites is 1. The number of pyridine rings is 1. The SMILES string of the molecule is COc1c(N2CCC(N3CC(C)OC(C)C3)CC2)cnc2c(Br)cccc12. The van der Waals surface area contributed by atoms with Gasteiger partial charge in [-0.15, -0.1) is 0 Å². The molecule has 2 unspecified atom stereocenters. The number of nitrogens with zero attached hydrogens (tertiary/aromatic N) is 3. The third-order valence-corrected chi connectivity index (χ3v) is 6.39. The average molecular weight is 434 g/mol. The van der Waals surface area contributed by atoms with Crippen molar-refractivity contribution < 1.29 is 9.47 Å². The summed E-state index contributed by atoms with van der Waals surface area (Å²) in [6, 6.07) is 6.78. The van der Waals surface area contributed by atoms with E-state index < -0.39 is 0 Å². The Morgan fingerprint density at radius 3 is 2.52 bits per heavy atom. The number of piperidine rings is 1. The standard InChI is InChI=1S/C21H28BrN3O2/c1-14-12-25(13-15(2)27-14)16-7-9-24(10-8-16)19-11-23-20-17(21(19)26-3)5-4-6-18(20)22/h4-6,11,14-16H,7-10,12-13H2,1-3H3. The van der Waals surface area contributed by atoms with Gasteiger partial charge in [0.2, 0.25) is 0 Å². The lowest BCUT2D eigenvalue weighted by molar-refractivity contribution is -0.0826. The molecule has 0 amide bonds. The summed E-state index contributed by atoms with van der Waals surface area (Å²) < 4.78 is 12.7. The minimum atomic E-state index is 0.329. The molecule has 2 fully saturated rings. The van der Waals surface area contributed by atoms with Crippen LogP contribution in [0, 0.1) is 0 Å². The number of hydrogen-bond donors (Lipinski definition) is 0. The summed E-state index contributed by atoms with van der Waals surface area (Å²) in [5, 5.41) is 1.06. The molecule has 27 heavy (non-hydrogen) atoms. The van der Waals surface area contributed by atoms with Gasteiger partial charge < -0.3 is 14.4 Å². The van der Waals surface area contributed by atoms with Crippen LogP contribution in [0.2, 0.25) is 0 Å². The van der Waals surface area contributed by atoms with Gasteiger partial charge in [0.05, 0.1) is 36.7 Å². The second-order valence-electron chi connectivity index (χ2n) is 7.74. The van der Waals surface area contributed by atoms with Crippen LogP contribution in [0.1, 0.15) is 26.7 Å². The van der Waals surface area contributed by atoms with Crippen LogP contribution in [0.3, 0.4) is 0 Å². The van der Waals surface area contributed by atoms with E-state index >= 15 is 0 Å². The number of morpholine rings is 1. The molecule has 3 heterocycles. The van der Waals surface area contributed by atoms with Gasteiger partial charge >= 0.3 is 0 Å². The van der Waals surface area contributed by atoms with Gasteiger partial charge in [0, 0.05) is 42.1 Å². The Labute approximate surface area is 169 Å². The normalized spacial score (nSPS) is 25.1. The van der Waals surface area contributed by atoms with Crippen LogP contribution in [0.25, 0.3) is 10.9 Å². The van der Waals surface area contributed by atoms with E-state index in [1.807, 2.05) is 18.3 Å². The van der Waals surface area contributed by atoms with E-state index in [9.17, 15) is 0 Å². The van der Waals surface area contributed by atoms with E-state index in [1.165, 1.54) is 12.8 Å². The van der Waals surface area contributed by atoms with Gasteiger partial charge in [0.25, 0.3) is 0 Å². The van der Waals surface area contributed by atoms with Crippen molar-refractivity contribution in [1.29, 1.82) is 0 Å². The number of fused-ring (bicyclic) bond motifs is 1. The third-order valence-electron chi connectivity index (χ3n) is 5.75. The largest absolute Gasteiger partial charge is 0.494 e. The van der Waals surface area contributed by atoms with Gasteiger partial charge in [-0.1, -0.05) is 6.07 Å². The molecule has 4 rings (SSSR count). The van der Waals surface area contributed by atoms with E-state index in [2.05, 4.69) is 45.6 Å². The van der Waals surface area contributed by atoms with Crippen LogP contribution >= 0.6 is 15.9 Å². The van der Waals surface area contributed by atoms with Crippen molar-refractivity contribution in [2.24, 2.45) is 0 Å². The van der Waals surface area contributed by atoms with Crippen molar-refractivity contribution in [3.63, 3.8) is 0 Å². The topological polar surface area (TPSA) is 37.8 Å². The Kier molecular flexibility index (Phi) is 5.58. The smallest absolute Gasteiger partial charge is 0.153 e. The van der Waals surface area contributed by atoms with Gasteiger partial charge in [-0.2, -0.15) is 0 Å². The van der Waals surface area contributed by atoms with Gasteiger partial charge in [0.15, 0.2) is 5.75 Å². The second kappa shape index (κ2) is 7.94. The molecule has 2 atom stereocenters. The molecule has 0 spiro atoms. The zero-order valence-electron chi connectivity index (χ0n) is 16.3. The van der Waals surface area contributed by atoms with Gasteiger partial charge in [-0.25, -0.2) is 0 Å². The van der Waals surface area contributed by atoms with Crippen molar-refractivity contribution in [1.82, 2.24) is 9.88 Å². The average Bonchev–Trinajstić information content (AvgIpc) is 2.67. The van der Waals surface area contributed by atoms with E-state index in [4.69, 9.17) is 14.5 Å². The predicted octanol–water partition coefficient (Wildman–Crippen LogP) is 4.08. The number of ether oxygens (including phenoxy) is 2. The Balaban J connectivity index is 1.51. The Morgan fingerprint density at radius 1 is 1.15 bits per heavy atom. The summed E-state index contributed by atoms with van der Waals surface area (Å²) in [4.78, 5) is 9.75. The first kappa shape index (κ1) is 19.0. The molecule has 2 aromatic rings. The van der Waals surface area contributed by atoms with Crippen LogP contribution in [-0.2, 0) is 4.74 Å². The van der Waals surface area contributed by atoms with E-state index in [0.717, 1.165) is 53.0 Å². The third kappa shape index (κ3) is 3.80. The fourth-order valence-electron chi connectivity index (χ4n) is 4.58. The number of anilines is 1. The molecule has 0 saturated carbocycles. The highest BCUT2D eigenvalue weighted by atomic mass is 79.9. The molecule has 1 aromatic heterocycles. The molecular formula is C21H28BrN3O2. The maximum Gasteiger partial charge on any atom is 0.153 e. The molecule has 0 radical (unpaired) electrons. The Bertz CT molecular complexity index is 797. The molecule has 0 aliphatic carbocycles. The lowest BCUT2D eigenvalue weighted by Crippen LogP contribution is -2.53. The van der Waals surface area contributed by atoms with Crippen molar-refractivity contribution in [3.05, 3.63) is 28.9 Å². The molecule has 0 bridgehead atoms. The second-order valence-corrected chi connectivity index (χ2v) is 8.60. The number of halogens is 1. The molecule has 2 aliphatic heterocycles. The molecular weight excluding hydrogens is 406 g/mol. The number of methoxy groups -OCH3 is 1. The zero-order valence-corrected chi connectivity index (χ0v) is 17.9. The Morgan fingerprint density at radius 2 is 1.85 bits per heavy atom. The molecule has 146 valence electrons. The summed E-state index contributed by atoms with van der Waals surface area (Å²) in [5.74, 6) is 0.924. The fourth-order valence-corrected chi connectivity index (χ4v) is 5.05. The summed E-state index contributed by atoms with van der Waals surface area (Å²) in [7, 11) is 1.75. The van der Waals surface area contributed by atoms with Gasteiger partial charge in [-0.05, 0) is 54.8 Å². The highest BCUT2D eigenvalue weighted by Crippen LogP contribution is 2.38. The minimum absolute atomic E-state index is 0.329. The first-order valence-corrected chi connectivity index (χ1v) is 10.6. The van der Waals surface area contributed by atoms with Crippen molar-refractivity contribution in [3.8, 4) is 5.75 Å². The number of rotatable bonds is 3. The van der Waals surface area contributed by atoms with Crippen molar-refractivity contribution >= 4 is 32.5 Å². The maximum absolute atomic E-state index is 5.90. The number of aromatic nitrogens is 1. The highest BCUT2D eigenvalue weighted by molar-refractivity contribution is 9.10. The van der Waals surface area contributed by atoms with Crippen molar-refractivity contribution in [2.75, 3.05) is 38.2 Å². The minimum Gasteiger partial charge on any atom is -0.494 e. The molecule has 6 heteroatoms. The van der Waals surface area contributed by atoms with Crippen LogP contribution < -0.4 is 9.64 Å². The lowest BCUT2D eigenvalue weighted by atomic mass is 10.0. The quantitative estimate of drug-likeness (QED) is 0.728. The summed E-state index contributed by atoms with van der Waals surface area (Å²) in [6.45, 7) is 8.52. The zero-order chi connectivity index (χ0) is 19.0. The maximum atomic E-state index is 5.90. The summed E-state index contributed by atoms with van der Waals surface area (Å²) in [6.07, 6.45) is 4.95. The van der Waals surface area contributed by atoms with E-state index in [0.29, 0.717) is 18.2 Å². The number of hydrogen-bond acceptors (Lipinski definition) is 5. The fraction of sp³-hybridized carbons (Fsp3) is 0.571. The molecule has 2 saturated heterocycles. The summed E-state index contributed by atoms with van der Waals surface area (Å²) in [5.41, 5.74) is 2.05. The number of benzene rings is 1. The van der Waals surface area contributed by atoms with Crippen LogP contribution in [0.15, 0.2) is 28.9 Å². The molecule has 5 nitrogen and oxygen atoms in total. The highest BCUT2D eigenvalue weighted by Gasteiger charge is 2.31. The lowest BCUT2D eigenvalue weighted by Gasteiger charge is -2.44. The van der Waals surface area contributed by atoms with Gasteiger partial charge in [-0.3, -0.25) is 9.88 Å². The molecule has 1 aromatic carbocycles. The monoisotopic (exact) mass is 433 g/mol. The van der Waals surface area contributed by atoms with Crippen molar-refractivity contribution in [2.45, 2.75) is 44.9 Å². The summed E-state index contributed by atoms with van der Waals surface area (Å²) >= 11 is 3.59. The van der Waals surface area contributed by atoms with Crippen LogP contribution in [-0.4, -0.2) is 61.4 Å². The molecule has 2 aliphatic rings.